The number of nitrogens with two attached hydrogens (primary N) is 1. The summed E-state index contributed by atoms with van der Waals surface area (Å²) in [5.41, 5.74) is 5.40. The fourth-order valence-electron chi connectivity index (χ4n) is 2.49. The van der Waals surface area contributed by atoms with E-state index < -0.39 is 11.8 Å². The third-order valence-corrected chi connectivity index (χ3v) is 3.83. The molecule has 0 aliphatic carbocycles. The third kappa shape index (κ3) is 3.19. The summed E-state index contributed by atoms with van der Waals surface area (Å²) in [6, 6.07) is 2.63. The van der Waals surface area contributed by atoms with Gasteiger partial charge >= 0.3 is 5.97 Å². The van der Waals surface area contributed by atoms with Crippen LogP contribution in [0.2, 0.25) is 0 Å². The van der Waals surface area contributed by atoms with Gasteiger partial charge in [0.05, 0.1) is 11.4 Å². The quantitative estimate of drug-likeness (QED) is 0.734. The predicted molar refractivity (Wildman–Crippen MR) is 76.5 cm³/mol. The molecule has 1 fully saturated rings. The second-order valence-electron chi connectivity index (χ2n) is 5.32. The number of carboxylic acids is 1. The van der Waals surface area contributed by atoms with Crippen molar-refractivity contribution in [3.05, 3.63) is 23.5 Å². The molecule has 1 heterocycles. The first-order valence-corrected chi connectivity index (χ1v) is 6.72. The lowest BCUT2D eigenvalue weighted by atomic mass is 9.97. The van der Waals surface area contributed by atoms with Gasteiger partial charge in [-0.25, -0.2) is 9.18 Å². The standard InChI is InChI=1S/C14H20FN3O2/c1-18-6-4-9(5-7-18)8-17-11-3-2-10(15)13(16)12(11)14(19)20/h2-3,9,17H,4-8,16H2,1H3,(H,19,20). The van der Waals surface area contributed by atoms with Gasteiger partial charge in [-0.05, 0) is 51.0 Å². The van der Waals surface area contributed by atoms with Crippen LogP contribution in [-0.2, 0) is 0 Å². The van der Waals surface area contributed by atoms with Crippen molar-refractivity contribution in [2.75, 3.05) is 37.7 Å². The zero-order valence-corrected chi connectivity index (χ0v) is 11.5. The van der Waals surface area contributed by atoms with Crippen LogP contribution in [0.5, 0.6) is 0 Å². The number of nitrogens with zero attached hydrogens (tertiary/aromatic N) is 1. The summed E-state index contributed by atoms with van der Waals surface area (Å²) < 4.78 is 13.3. The molecule has 0 spiro atoms. The topological polar surface area (TPSA) is 78.6 Å². The molecule has 0 saturated carbocycles. The number of aromatic carboxylic acids is 1. The molecule has 1 saturated heterocycles. The molecular formula is C14H20FN3O2. The molecule has 0 amide bonds. The van der Waals surface area contributed by atoms with Gasteiger partial charge in [-0.15, -0.1) is 0 Å². The number of rotatable bonds is 4. The van der Waals surface area contributed by atoms with E-state index in [0.29, 0.717) is 18.2 Å². The molecule has 0 aromatic heterocycles. The van der Waals surface area contributed by atoms with Gasteiger partial charge in [-0.2, -0.15) is 0 Å². The molecule has 1 aromatic carbocycles. The van der Waals surface area contributed by atoms with E-state index in [4.69, 9.17) is 10.8 Å². The highest BCUT2D eigenvalue weighted by molar-refractivity contribution is 6.00. The van der Waals surface area contributed by atoms with E-state index >= 15 is 0 Å². The minimum Gasteiger partial charge on any atom is -0.478 e. The zero-order valence-electron chi connectivity index (χ0n) is 11.5. The van der Waals surface area contributed by atoms with Crippen LogP contribution in [-0.4, -0.2) is 42.7 Å². The Morgan fingerprint density at radius 1 is 1.50 bits per heavy atom. The predicted octanol–water partition coefficient (Wildman–Crippen LogP) is 1.86. The molecule has 1 aliphatic rings. The second kappa shape index (κ2) is 6.09. The van der Waals surface area contributed by atoms with Crippen molar-refractivity contribution in [2.45, 2.75) is 12.8 Å². The SMILES string of the molecule is CN1CCC(CNc2ccc(F)c(N)c2C(=O)O)CC1. The number of carboxylic acid groups (broad SMARTS) is 1. The van der Waals surface area contributed by atoms with E-state index in [2.05, 4.69) is 17.3 Å². The fraction of sp³-hybridized carbons (Fsp3) is 0.500. The summed E-state index contributed by atoms with van der Waals surface area (Å²) in [7, 11) is 2.09. The average molecular weight is 281 g/mol. The molecule has 1 aliphatic heterocycles. The van der Waals surface area contributed by atoms with E-state index in [0.717, 1.165) is 25.9 Å². The lowest BCUT2D eigenvalue weighted by Gasteiger charge is -2.29. The Morgan fingerprint density at radius 2 is 2.15 bits per heavy atom. The van der Waals surface area contributed by atoms with Crippen molar-refractivity contribution in [3.8, 4) is 0 Å². The summed E-state index contributed by atoms with van der Waals surface area (Å²) >= 11 is 0. The number of halogens is 1. The maximum atomic E-state index is 13.3. The molecule has 0 bridgehead atoms. The highest BCUT2D eigenvalue weighted by Crippen LogP contribution is 2.26. The van der Waals surface area contributed by atoms with Crippen molar-refractivity contribution in [2.24, 2.45) is 5.92 Å². The first kappa shape index (κ1) is 14.6. The van der Waals surface area contributed by atoms with Gasteiger partial charge < -0.3 is 21.1 Å². The van der Waals surface area contributed by atoms with E-state index in [1.165, 1.54) is 12.1 Å². The van der Waals surface area contributed by atoms with Crippen LogP contribution < -0.4 is 11.1 Å². The Morgan fingerprint density at radius 3 is 2.75 bits per heavy atom. The van der Waals surface area contributed by atoms with E-state index in [1.807, 2.05) is 0 Å². The molecule has 2 rings (SSSR count). The van der Waals surface area contributed by atoms with Crippen LogP contribution in [0.3, 0.4) is 0 Å². The molecular weight excluding hydrogens is 261 g/mol. The van der Waals surface area contributed by atoms with Gasteiger partial charge in [0.1, 0.15) is 11.4 Å². The fourth-order valence-corrected chi connectivity index (χ4v) is 2.49. The Labute approximate surface area is 117 Å². The normalized spacial score (nSPS) is 17.1. The Bertz CT molecular complexity index is 499. The molecule has 20 heavy (non-hydrogen) atoms. The van der Waals surface area contributed by atoms with Gasteiger partial charge in [0, 0.05) is 6.54 Å². The molecule has 6 heteroatoms. The largest absolute Gasteiger partial charge is 0.478 e. The maximum Gasteiger partial charge on any atom is 0.340 e. The molecule has 110 valence electrons. The lowest BCUT2D eigenvalue weighted by Crippen LogP contribution is -2.33. The summed E-state index contributed by atoms with van der Waals surface area (Å²) in [5, 5.41) is 12.3. The van der Waals surface area contributed by atoms with E-state index in [-0.39, 0.29) is 11.3 Å². The maximum absolute atomic E-state index is 13.3. The Kier molecular flexibility index (Phi) is 4.44. The smallest absolute Gasteiger partial charge is 0.340 e. The number of nitrogens with one attached hydrogen (secondary N) is 1. The summed E-state index contributed by atoms with van der Waals surface area (Å²) in [4.78, 5) is 13.5. The highest BCUT2D eigenvalue weighted by Gasteiger charge is 2.20. The van der Waals surface area contributed by atoms with Crippen LogP contribution in [0.25, 0.3) is 0 Å². The van der Waals surface area contributed by atoms with Gasteiger partial charge in [0.2, 0.25) is 0 Å². The average Bonchev–Trinajstić information content (AvgIpc) is 2.41. The first-order chi connectivity index (χ1) is 9.49. The molecule has 0 radical (unpaired) electrons. The molecule has 5 nitrogen and oxygen atoms in total. The monoisotopic (exact) mass is 281 g/mol. The Balaban J connectivity index is 2.06. The summed E-state index contributed by atoms with van der Waals surface area (Å²) in [6.45, 7) is 2.77. The molecule has 0 unspecified atom stereocenters. The third-order valence-electron chi connectivity index (χ3n) is 3.83. The van der Waals surface area contributed by atoms with Gasteiger partial charge in [0.15, 0.2) is 0 Å². The van der Waals surface area contributed by atoms with Crippen LogP contribution in [0, 0.1) is 11.7 Å². The zero-order chi connectivity index (χ0) is 14.7. The summed E-state index contributed by atoms with van der Waals surface area (Å²) in [5.74, 6) is -1.42. The minimum atomic E-state index is -1.21. The number of benzene rings is 1. The van der Waals surface area contributed by atoms with Crippen LogP contribution in [0.1, 0.15) is 23.2 Å². The van der Waals surface area contributed by atoms with Gasteiger partial charge in [0.25, 0.3) is 0 Å². The van der Waals surface area contributed by atoms with Crippen molar-refractivity contribution < 1.29 is 14.3 Å². The lowest BCUT2D eigenvalue weighted by molar-refractivity contribution is 0.0698. The van der Waals surface area contributed by atoms with Gasteiger partial charge in [-0.3, -0.25) is 0 Å². The molecule has 4 N–H and O–H groups in total. The Hall–Kier alpha value is -1.82. The van der Waals surface area contributed by atoms with Crippen LogP contribution in [0.4, 0.5) is 15.8 Å². The highest BCUT2D eigenvalue weighted by atomic mass is 19.1. The second-order valence-corrected chi connectivity index (χ2v) is 5.32. The number of hydrogen-bond acceptors (Lipinski definition) is 4. The number of piperidine rings is 1. The van der Waals surface area contributed by atoms with E-state index in [1.54, 1.807) is 0 Å². The van der Waals surface area contributed by atoms with Gasteiger partial charge in [-0.1, -0.05) is 0 Å². The number of nitrogen functional groups attached to an aromatic ring is 1. The van der Waals surface area contributed by atoms with Crippen molar-refractivity contribution >= 4 is 17.3 Å². The van der Waals surface area contributed by atoms with E-state index in [9.17, 15) is 9.18 Å². The van der Waals surface area contributed by atoms with Crippen molar-refractivity contribution in [1.82, 2.24) is 4.90 Å². The molecule has 0 atom stereocenters. The number of hydrogen-bond donors (Lipinski definition) is 3. The van der Waals surface area contributed by atoms with Crippen LogP contribution >= 0.6 is 0 Å². The van der Waals surface area contributed by atoms with Crippen molar-refractivity contribution in [1.29, 1.82) is 0 Å². The van der Waals surface area contributed by atoms with Crippen molar-refractivity contribution in [3.63, 3.8) is 0 Å². The first-order valence-electron chi connectivity index (χ1n) is 6.72. The molecule has 1 aromatic rings. The number of anilines is 2. The van der Waals surface area contributed by atoms with Crippen LogP contribution in [0.15, 0.2) is 12.1 Å². The minimum absolute atomic E-state index is 0.182. The number of carbonyl (C=O) groups is 1. The summed E-state index contributed by atoms with van der Waals surface area (Å²) in [6.07, 6.45) is 2.14. The number of likely N-dealkylation sites (tertiary alicyclic amines) is 1.